The minimum absolute atomic E-state index is 0.0718. The van der Waals surface area contributed by atoms with Crippen LogP contribution in [0.25, 0.3) is 11.4 Å². The molecule has 2 rings (SSSR count). The van der Waals surface area contributed by atoms with Gasteiger partial charge >= 0.3 is 5.97 Å². The van der Waals surface area contributed by atoms with Gasteiger partial charge in [0.25, 0.3) is 0 Å². The highest BCUT2D eigenvalue weighted by molar-refractivity contribution is 7.99. The van der Waals surface area contributed by atoms with Crippen molar-refractivity contribution in [1.29, 1.82) is 0 Å². The van der Waals surface area contributed by atoms with E-state index in [0.717, 1.165) is 11.8 Å². The van der Waals surface area contributed by atoms with Gasteiger partial charge in [0, 0.05) is 24.9 Å². The number of H-pyrrole nitrogens is 1. The van der Waals surface area contributed by atoms with Crippen molar-refractivity contribution in [3.05, 3.63) is 28.7 Å². The minimum atomic E-state index is -0.909. The number of hydrogen-bond donors (Lipinski definition) is 2. The van der Waals surface area contributed by atoms with E-state index >= 15 is 0 Å². The SMILES string of the molecule is Cn1nc(-c2ccc(=O)[nH]c2)nc1SCC(=O)O. The first-order chi connectivity index (χ1) is 8.56. The number of carbonyl (C=O) groups is 1. The van der Waals surface area contributed by atoms with Crippen molar-refractivity contribution in [2.75, 3.05) is 5.75 Å². The fraction of sp³-hybridized carbons (Fsp3) is 0.200. The number of aromatic amines is 1. The van der Waals surface area contributed by atoms with E-state index in [1.165, 1.54) is 16.9 Å². The molecule has 0 aliphatic heterocycles. The van der Waals surface area contributed by atoms with Crippen molar-refractivity contribution >= 4 is 17.7 Å². The van der Waals surface area contributed by atoms with Crippen molar-refractivity contribution in [2.24, 2.45) is 7.05 Å². The third kappa shape index (κ3) is 2.77. The molecule has 2 aromatic heterocycles. The van der Waals surface area contributed by atoms with Gasteiger partial charge in [-0.25, -0.2) is 9.67 Å². The number of pyridine rings is 1. The molecule has 94 valence electrons. The Morgan fingerprint density at radius 2 is 2.33 bits per heavy atom. The van der Waals surface area contributed by atoms with Gasteiger partial charge in [-0.3, -0.25) is 9.59 Å². The highest BCUT2D eigenvalue weighted by atomic mass is 32.2. The van der Waals surface area contributed by atoms with E-state index in [1.54, 1.807) is 13.1 Å². The van der Waals surface area contributed by atoms with E-state index in [2.05, 4.69) is 15.1 Å². The number of hydrogen-bond acceptors (Lipinski definition) is 5. The molecule has 0 amide bonds. The topological polar surface area (TPSA) is 101 Å². The maximum Gasteiger partial charge on any atom is 0.313 e. The molecule has 0 bridgehead atoms. The summed E-state index contributed by atoms with van der Waals surface area (Å²) in [6, 6.07) is 3.00. The molecule has 0 radical (unpaired) electrons. The summed E-state index contributed by atoms with van der Waals surface area (Å²) < 4.78 is 1.51. The summed E-state index contributed by atoms with van der Waals surface area (Å²) in [5.41, 5.74) is 0.475. The zero-order chi connectivity index (χ0) is 13.1. The minimum Gasteiger partial charge on any atom is -0.481 e. The highest BCUT2D eigenvalue weighted by Crippen LogP contribution is 2.19. The number of nitrogens with one attached hydrogen (secondary N) is 1. The number of thioether (sulfide) groups is 1. The predicted octanol–water partition coefficient (Wildman–Crippen LogP) is 0.347. The number of rotatable bonds is 4. The Morgan fingerprint density at radius 1 is 1.56 bits per heavy atom. The maximum absolute atomic E-state index is 10.9. The van der Waals surface area contributed by atoms with Crippen LogP contribution in [0.4, 0.5) is 0 Å². The quantitative estimate of drug-likeness (QED) is 0.774. The van der Waals surface area contributed by atoms with E-state index < -0.39 is 5.97 Å². The first-order valence-electron chi connectivity index (χ1n) is 5.01. The second-order valence-electron chi connectivity index (χ2n) is 3.47. The van der Waals surface area contributed by atoms with Crippen molar-refractivity contribution in [3.8, 4) is 11.4 Å². The van der Waals surface area contributed by atoms with Crippen molar-refractivity contribution in [3.63, 3.8) is 0 Å². The summed E-state index contributed by atoms with van der Waals surface area (Å²) in [6.07, 6.45) is 1.52. The molecule has 7 nitrogen and oxygen atoms in total. The van der Waals surface area contributed by atoms with Gasteiger partial charge < -0.3 is 10.1 Å². The number of nitrogens with zero attached hydrogens (tertiary/aromatic N) is 3. The molecule has 0 aromatic carbocycles. The lowest BCUT2D eigenvalue weighted by Gasteiger charge is -1.94. The Morgan fingerprint density at radius 3 is 2.94 bits per heavy atom. The second kappa shape index (κ2) is 5.05. The number of aromatic nitrogens is 4. The van der Waals surface area contributed by atoms with Crippen molar-refractivity contribution < 1.29 is 9.90 Å². The van der Waals surface area contributed by atoms with Crippen LogP contribution in [0.5, 0.6) is 0 Å². The van der Waals surface area contributed by atoms with Gasteiger partial charge in [-0.05, 0) is 6.07 Å². The van der Waals surface area contributed by atoms with Gasteiger partial charge in [0.1, 0.15) is 0 Å². The summed E-state index contributed by atoms with van der Waals surface area (Å²) in [6.45, 7) is 0. The van der Waals surface area contributed by atoms with Crippen molar-refractivity contribution in [1.82, 2.24) is 19.7 Å². The van der Waals surface area contributed by atoms with Crippen LogP contribution in [0.15, 0.2) is 28.3 Å². The number of aryl methyl sites for hydroxylation is 1. The van der Waals surface area contributed by atoms with E-state index in [4.69, 9.17) is 5.11 Å². The lowest BCUT2D eigenvalue weighted by Crippen LogP contribution is -2.01. The average molecular weight is 266 g/mol. The molecule has 2 heterocycles. The standard InChI is InChI=1S/C10H10N4O3S/c1-14-10(18-5-8(16)17)12-9(13-14)6-2-3-7(15)11-4-6/h2-4H,5H2,1H3,(H,11,15)(H,16,17). The molecule has 2 aromatic rings. The molecular formula is C10H10N4O3S. The number of carboxylic acid groups (broad SMARTS) is 1. The fourth-order valence-corrected chi connectivity index (χ4v) is 1.93. The Bertz CT molecular complexity index is 614. The highest BCUT2D eigenvalue weighted by Gasteiger charge is 2.11. The zero-order valence-corrected chi connectivity index (χ0v) is 10.3. The van der Waals surface area contributed by atoms with Gasteiger partial charge in [-0.2, -0.15) is 5.10 Å². The number of carboxylic acids is 1. The third-order valence-corrected chi connectivity index (χ3v) is 3.10. The lowest BCUT2D eigenvalue weighted by molar-refractivity contribution is -0.133. The van der Waals surface area contributed by atoms with Crippen LogP contribution < -0.4 is 5.56 Å². The summed E-state index contributed by atoms with van der Waals surface area (Å²) in [4.78, 5) is 28.2. The summed E-state index contributed by atoms with van der Waals surface area (Å²) in [7, 11) is 1.69. The molecule has 0 fully saturated rings. The lowest BCUT2D eigenvalue weighted by atomic mass is 10.3. The van der Waals surface area contributed by atoms with Crippen LogP contribution in [0, 0.1) is 0 Å². The van der Waals surface area contributed by atoms with E-state index in [0.29, 0.717) is 16.5 Å². The molecule has 0 aliphatic carbocycles. The normalized spacial score (nSPS) is 10.5. The summed E-state index contributed by atoms with van der Waals surface area (Å²) >= 11 is 1.09. The monoisotopic (exact) mass is 266 g/mol. The van der Waals surface area contributed by atoms with Gasteiger partial charge in [0.05, 0.1) is 5.75 Å². The smallest absolute Gasteiger partial charge is 0.313 e. The van der Waals surface area contributed by atoms with Crippen LogP contribution >= 0.6 is 11.8 Å². The van der Waals surface area contributed by atoms with Crippen LogP contribution in [-0.4, -0.2) is 36.6 Å². The molecule has 0 atom stereocenters. The van der Waals surface area contributed by atoms with Crippen LogP contribution in [0.3, 0.4) is 0 Å². The molecule has 0 aliphatic rings. The molecule has 0 saturated heterocycles. The molecule has 8 heteroatoms. The second-order valence-corrected chi connectivity index (χ2v) is 4.41. The molecule has 0 saturated carbocycles. The largest absolute Gasteiger partial charge is 0.481 e. The van der Waals surface area contributed by atoms with Crippen LogP contribution in [-0.2, 0) is 11.8 Å². The Labute approximate surface area is 106 Å². The molecule has 2 N–H and O–H groups in total. The van der Waals surface area contributed by atoms with Gasteiger partial charge in [-0.15, -0.1) is 0 Å². The zero-order valence-electron chi connectivity index (χ0n) is 9.45. The summed E-state index contributed by atoms with van der Waals surface area (Å²) in [5, 5.41) is 13.3. The van der Waals surface area contributed by atoms with E-state index in [9.17, 15) is 9.59 Å². The first kappa shape index (κ1) is 12.4. The van der Waals surface area contributed by atoms with E-state index in [-0.39, 0.29) is 11.3 Å². The van der Waals surface area contributed by atoms with Gasteiger partial charge in [0.2, 0.25) is 5.56 Å². The van der Waals surface area contributed by atoms with Gasteiger partial charge in [-0.1, -0.05) is 11.8 Å². The Hall–Kier alpha value is -2.09. The summed E-state index contributed by atoms with van der Waals surface area (Å²) in [5.74, 6) is -0.535. The average Bonchev–Trinajstić information content (AvgIpc) is 2.69. The van der Waals surface area contributed by atoms with E-state index in [1.807, 2.05) is 0 Å². The first-order valence-corrected chi connectivity index (χ1v) is 5.99. The predicted molar refractivity (Wildman–Crippen MR) is 65.4 cm³/mol. The third-order valence-electron chi connectivity index (χ3n) is 2.09. The Balaban J connectivity index is 2.25. The molecule has 0 spiro atoms. The fourth-order valence-electron chi connectivity index (χ4n) is 1.29. The number of aliphatic carboxylic acids is 1. The van der Waals surface area contributed by atoms with Crippen molar-refractivity contribution in [2.45, 2.75) is 5.16 Å². The molecule has 0 unspecified atom stereocenters. The Kier molecular flexibility index (Phi) is 3.47. The van der Waals surface area contributed by atoms with Crippen LogP contribution in [0.2, 0.25) is 0 Å². The van der Waals surface area contributed by atoms with Crippen LogP contribution in [0.1, 0.15) is 0 Å². The van der Waals surface area contributed by atoms with Gasteiger partial charge in [0.15, 0.2) is 11.0 Å². The molecule has 18 heavy (non-hydrogen) atoms. The molecular weight excluding hydrogens is 256 g/mol. The maximum atomic E-state index is 10.9.